The lowest BCUT2D eigenvalue weighted by Crippen LogP contribution is -2.47. The number of carbonyl (C=O) groups is 3. The number of nitrogens with zero attached hydrogens (tertiary/aromatic N) is 4. The highest BCUT2D eigenvalue weighted by atomic mass is 16.6. The van der Waals surface area contributed by atoms with Gasteiger partial charge in [0.25, 0.3) is 5.91 Å². The lowest BCUT2D eigenvalue weighted by molar-refractivity contribution is -0.151. The molecule has 2 saturated heterocycles. The monoisotopic (exact) mass is 562 g/mol. The largest absolute Gasteiger partial charge is 0.497 e. The zero-order chi connectivity index (χ0) is 29.5. The van der Waals surface area contributed by atoms with Crippen LogP contribution in [0.25, 0.3) is 11.0 Å². The van der Waals surface area contributed by atoms with Crippen LogP contribution >= 0.6 is 0 Å². The minimum atomic E-state index is -0.772. The molecule has 3 aromatic rings. The highest BCUT2D eigenvalue weighted by Crippen LogP contribution is 2.35. The van der Waals surface area contributed by atoms with Gasteiger partial charge in [0.2, 0.25) is 5.91 Å². The lowest BCUT2D eigenvalue weighted by Gasteiger charge is -2.34. The fourth-order valence-electron chi connectivity index (χ4n) is 5.94. The molecule has 0 bridgehead atoms. The third kappa shape index (κ3) is 5.60. The van der Waals surface area contributed by atoms with E-state index in [9.17, 15) is 19.2 Å². The zero-order valence-corrected chi connectivity index (χ0v) is 24.4. The van der Waals surface area contributed by atoms with Crippen molar-refractivity contribution in [1.82, 2.24) is 18.9 Å². The number of hydrogen-bond acceptors (Lipinski definition) is 6. The molecule has 1 atom stereocenters. The van der Waals surface area contributed by atoms with E-state index >= 15 is 0 Å². The smallest absolute Gasteiger partial charge is 0.410 e. The lowest BCUT2D eigenvalue weighted by atomic mass is 9.88. The van der Waals surface area contributed by atoms with Gasteiger partial charge in [-0.2, -0.15) is 0 Å². The molecule has 218 valence electrons. The van der Waals surface area contributed by atoms with Gasteiger partial charge in [-0.15, -0.1) is 0 Å². The Balaban J connectivity index is 1.41. The van der Waals surface area contributed by atoms with Gasteiger partial charge in [0, 0.05) is 26.6 Å². The van der Waals surface area contributed by atoms with Gasteiger partial charge < -0.3 is 14.4 Å². The highest BCUT2D eigenvalue weighted by molar-refractivity contribution is 6.00. The van der Waals surface area contributed by atoms with E-state index in [0.29, 0.717) is 24.4 Å². The van der Waals surface area contributed by atoms with Crippen LogP contribution in [-0.4, -0.2) is 62.6 Å². The van der Waals surface area contributed by atoms with Crippen LogP contribution in [0.3, 0.4) is 0 Å². The number of benzene rings is 2. The van der Waals surface area contributed by atoms with Gasteiger partial charge in [0.15, 0.2) is 0 Å². The van der Waals surface area contributed by atoms with E-state index in [1.54, 1.807) is 40.3 Å². The number of fused-ring (bicyclic) bond motifs is 1. The Bertz CT molecular complexity index is 1520. The van der Waals surface area contributed by atoms with Crippen molar-refractivity contribution in [2.24, 2.45) is 7.05 Å². The Labute approximate surface area is 239 Å². The summed E-state index contributed by atoms with van der Waals surface area (Å²) in [6.07, 6.45) is 1.62. The number of carbonyl (C=O) groups excluding carboxylic acids is 3. The normalized spacial score (nSPS) is 18.7. The topological polar surface area (TPSA) is 103 Å². The highest BCUT2D eigenvalue weighted by Gasteiger charge is 2.38. The minimum absolute atomic E-state index is 0.138. The van der Waals surface area contributed by atoms with Crippen LogP contribution in [0.4, 0.5) is 4.79 Å². The molecule has 2 fully saturated rings. The quantitative estimate of drug-likeness (QED) is 0.429. The van der Waals surface area contributed by atoms with Crippen LogP contribution < -0.4 is 10.4 Å². The Hall–Kier alpha value is -4.08. The van der Waals surface area contributed by atoms with Crippen molar-refractivity contribution < 1.29 is 23.9 Å². The van der Waals surface area contributed by atoms with Crippen LogP contribution in [0.15, 0.2) is 47.3 Å². The molecule has 0 spiro atoms. The first kappa shape index (κ1) is 28.4. The molecule has 2 aliphatic rings. The molecule has 41 heavy (non-hydrogen) atoms. The first-order valence-corrected chi connectivity index (χ1v) is 14.1. The van der Waals surface area contributed by atoms with E-state index in [1.807, 2.05) is 51.1 Å². The maximum atomic E-state index is 13.7. The first-order valence-electron chi connectivity index (χ1n) is 14.1. The molecule has 0 saturated carbocycles. The number of imidazole rings is 1. The fraction of sp³-hybridized carbons (Fsp3) is 0.484. The van der Waals surface area contributed by atoms with Crippen molar-refractivity contribution in [3.8, 4) is 5.75 Å². The van der Waals surface area contributed by atoms with Gasteiger partial charge in [-0.1, -0.05) is 24.3 Å². The Morgan fingerprint density at radius 2 is 1.66 bits per heavy atom. The van der Waals surface area contributed by atoms with Crippen LogP contribution in [-0.2, 0) is 27.9 Å². The molecule has 2 aromatic carbocycles. The van der Waals surface area contributed by atoms with E-state index in [2.05, 4.69) is 0 Å². The molecular formula is C31H38N4O6. The standard InChI is InChI=1S/C31H38N4O6/c1-31(2,3)41-30(39)33-17-15-21(16-18-33)23-7-6-8-24-27(23)32(4)29(38)35(24)25-13-14-26(36)34(28(25)37)19-20-9-11-22(40-5)12-10-20/h6-12,21,25H,13-19H2,1-5H3. The molecular weight excluding hydrogens is 524 g/mol. The molecule has 3 amide bonds. The zero-order valence-electron chi connectivity index (χ0n) is 24.4. The number of rotatable bonds is 5. The summed E-state index contributed by atoms with van der Waals surface area (Å²) in [5.74, 6) is 0.223. The number of likely N-dealkylation sites (tertiary alicyclic amines) is 2. The van der Waals surface area contributed by atoms with Gasteiger partial charge >= 0.3 is 11.8 Å². The van der Waals surface area contributed by atoms with Gasteiger partial charge in [-0.3, -0.25) is 23.6 Å². The third-order valence-corrected chi connectivity index (χ3v) is 8.02. The van der Waals surface area contributed by atoms with Gasteiger partial charge in [-0.05, 0) is 75.3 Å². The second-order valence-corrected chi connectivity index (χ2v) is 11.9. The van der Waals surface area contributed by atoms with Gasteiger partial charge in [0.05, 0.1) is 24.7 Å². The fourth-order valence-corrected chi connectivity index (χ4v) is 5.94. The summed E-state index contributed by atoms with van der Waals surface area (Å²) in [6, 6.07) is 12.3. The number of aryl methyl sites for hydroxylation is 1. The predicted molar refractivity (Wildman–Crippen MR) is 154 cm³/mol. The summed E-state index contributed by atoms with van der Waals surface area (Å²) in [7, 11) is 3.31. The van der Waals surface area contributed by atoms with Crippen molar-refractivity contribution in [2.75, 3.05) is 20.2 Å². The predicted octanol–water partition coefficient (Wildman–Crippen LogP) is 4.35. The average molecular weight is 563 g/mol. The summed E-state index contributed by atoms with van der Waals surface area (Å²) in [4.78, 5) is 55.7. The molecule has 0 N–H and O–H groups in total. The van der Waals surface area contributed by atoms with E-state index in [1.165, 1.54) is 4.90 Å². The van der Waals surface area contributed by atoms with Crippen LogP contribution in [0.1, 0.15) is 69.5 Å². The summed E-state index contributed by atoms with van der Waals surface area (Å²) in [6.45, 7) is 6.83. The van der Waals surface area contributed by atoms with E-state index in [0.717, 1.165) is 29.5 Å². The second-order valence-electron chi connectivity index (χ2n) is 11.9. The molecule has 5 rings (SSSR count). The molecule has 0 aliphatic carbocycles. The average Bonchev–Trinajstić information content (AvgIpc) is 3.20. The third-order valence-electron chi connectivity index (χ3n) is 8.02. The molecule has 2 aliphatic heterocycles. The second kappa shape index (κ2) is 11.1. The van der Waals surface area contributed by atoms with Crippen LogP contribution in [0, 0.1) is 0 Å². The number of amides is 3. The molecule has 3 heterocycles. The number of para-hydroxylation sites is 1. The Kier molecular flexibility index (Phi) is 7.68. The first-order chi connectivity index (χ1) is 19.5. The van der Waals surface area contributed by atoms with E-state index in [-0.39, 0.29) is 48.9 Å². The summed E-state index contributed by atoms with van der Waals surface area (Å²) >= 11 is 0. The van der Waals surface area contributed by atoms with Crippen LogP contribution in [0.5, 0.6) is 5.75 Å². The van der Waals surface area contributed by atoms with E-state index in [4.69, 9.17) is 9.47 Å². The van der Waals surface area contributed by atoms with Crippen molar-refractivity contribution in [3.63, 3.8) is 0 Å². The van der Waals surface area contributed by atoms with Crippen molar-refractivity contribution in [2.45, 2.75) is 70.6 Å². The van der Waals surface area contributed by atoms with Crippen LogP contribution in [0.2, 0.25) is 0 Å². The summed E-state index contributed by atoms with van der Waals surface area (Å²) in [5.41, 5.74) is 2.47. The molecule has 10 heteroatoms. The summed E-state index contributed by atoms with van der Waals surface area (Å²) in [5, 5.41) is 0. The molecule has 10 nitrogen and oxygen atoms in total. The molecule has 0 radical (unpaired) electrons. The summed E-state index contributed by atoms with van der Waals surface area (Å²) < 4.78 is 13.9. The number of piperidine rings is 2. The Morgan fingerprint density at radius 3 is 2.29 bits per heavy atom. The Morgan fingerprint density at radius 1 is 0.976 bits per heavy atom. The number of methoxy groups -OCH3 is 1. The molecule has 1 aromatic heterocycles. The van der Waals surface area contributed by atoms with E-state index < -0.39 is 11.6 Å². The van der Waals surface area contributed by atoms with Crippen molar-refractivity contribution in [3.05, 3.63) is 64.1 Å². The van der Waals surface area contributed by atoms with Crippen molar-refractivity contribution in [1.29, 1.82) is 0 Å². The number of aromatic nitrogens is 2. The SMILES string of the molecule is COc1ccc(CN2C(=O)CCC(n3c(=O)n(C)c4c(C5CCN(C(=O)OC(C)(C)C)CC5)cccc43)C2=O)cc1. The maximum absolute atomic E-state index is 13.7. The number of ether oxygens (including phenoxy) is 2. The number of hydrogen-bond donors (Lipinski definition) is 0. The van der Waals surface area contributed by atoms with Gasteiger partial charge in [-0.25, -0.2) is 9.59 Å². The number of imide groups is 1. The minimum Gasteiger partial charge on any atom is -0.497 e. The van der Waals surface area contributed by atoms with Crippen molar-refractivity contribution >= 4 is 28.9 Å². The molecule has 1 unspecified atom stereocenters. The maximum Gasteiger partial charge on any atom is 0.410 e. The van der Waals surface area contributed by atoms with Gasteiger partial charge in [0.1, 0.15) is 17.4 Å².